The van der Waals surface area contributed by atoms with Crippen LogP contribution in [0.15, 0.2) is 54.0 Å². The predicted molar refractivity (Wildman–Crippen MR) is 178 cm³/mol. The van der Waals surface area contributed by atoms with Crippen molar-refractivity contribution in [2.45, 2.75) is 6.54 Å². The minimum atomic E-state index is -7.22. The van der Waals surface area contributed by atoms with E-state index in [9.17, 15) is 57.8 Å². The number of halogens is 20. The van der Waals surface area contributed by atoms with Gasteiger partial charge in [0.1, 0.15) is 63.1 Å². The van der Waals surface area contributed by atoms with Crippen LogP contribution in [-0.2, 0) is 6.54 Å². The number of aromatic hydroxyl groups is 1. The SMILES string of the molecule is Fc1c(F)c(F)c([B-](c2c(F)c(F)c(F)c(F)c2F)(c2c(F)c(F)c(F)c(F)c2F)c2c(F)c(F)c(F)c(F)c2F)c(F)c1F.Oc1ccc2sc[n+](Cc3ccccc3)c2c1. The van der Waals surface area contributed by atoms with Crippen LogP contribution in [0, 0.1) is 116 Å². The lowest BCUT2D eigenvalue weighted by atomic mass is 9.12. The molecule has 0 fully saturated rings. The number of phenolic OH excluding ortho intramolecular Hbond substituents is 1. The van der Waals surface area contributed by atoms with Crippen LogP contribution in [0.1, 0.15) is 5.56 Å². The molecule has 1 aromatic heterocycles. The lowest BCUT2D eigenvalue weighted by molar-refractivity contribution is -0.658. The molecule has 7 aromatic rings. The third-order valence-electron chi connectivity index (χ3n) is 9.46. The number of thiazole rings is 1. The molecule has 0 spiro atoms. The van der Waals surface area contributed by atoms with Crippen molar-refractivity contribution in [1.29, 1.82) is 0 Å². The molecule has 324 valence electrons. The molecule has 0 atom stereocenters. The average Bonchev–Trinajstić information content (AvgIpc) is 3.65. The van der Waals surface area contributed by atoms with E-state index in [1.165, 1.54) is 10.3 Å². The van der Waals surface area contributed by atoms with Crippen LogP contribution in [0.3, 0.4) is 0 Å². The molecule has 0 radical (unpaired) electrons. The summed E-state index contributed by atoms with van der Waals surface area (Å²) in [6.07, 6.45) is -7.22. The predicted octanol–water partition coefficient (Wildman–Crippen LogP) is 8.79. The summed E-state index contributed by atoms with van der Waals surface area (Å²) in [7, 11) is 0. The van der Waals surface area contributed by atoms with Gasteiger partial charge < -0.3 is 5.11 Å². The van der Waals surface area contributed by atoms with Crippen molar-refractivity contribution in [3.8, 4) is 5.75 Å². The Balaban J connectivity index is 0.000000311. The van der Waals surface area contributed by atoms with Crippen LogP contribution >= 0.6 is 11.3 Å². The van der Waals surface area contributed by atoms with Crippen molar-refractivity contribution >= 4 is 49.6 Å². The fourth-order valence-corrected chi connectivity index (χ4v) is 7.66. The van der Waals surface area contributed by atoms with E-state index in [0.29, 0.717) is 5.75 Å². The third kappa shape index (κ3) is 6.83. The van der Waals surface area contributed by atoms with Gasteiger partial charge in [-0.05, 0) is 12.1 Å². The van der Waals surface area contributed by atoms with E-state index in [1.807, 2.05) is 30.3 Å². The van der Waals surface area contributed by atoms with Crippen molar-refractivity contribution in [2.75, 3.05) is 0 Å². The summed E-state index contributed by atoms with van der Waals surface area (Å²) in [5.74, 6) is -71.1. The van der Waals surface area contributed by atoms with Gasteiger partial charge in [0.05, 0.1) is 6.07 Å². The molecular weight excluding hydrogens is 909 g/mol. The Morgan fingerprint density at radius 1 is 0.387 bits per heavy atom. The summed E-state index contributed by atoms with van der Waals surface area (Å²) in [6, 6.07) is 15.8. The van der Waals surface area contributed by atoms with Gasteiger partial charge in [-0.1, -0.05) is 41.7 Å². The van der Waals surface area contributed by atoms with Crippen molar-refractivity contribution in [3.05, 3.63) is 176 Å². The summed E-state index contributed by atoms with van der Waals surface area (Å²) in [4.78, 5) is 0. The maximum atomic E-state index is 15.4. The molecular formula is C38H12BF20NOS. The highest BCUT2D eigenvalue weighted by molar-refractivity contribution is 7.20. The number of rotatable bonds is 6. The van der Waals surface area contributed by atoms with E-state index in [-0.39, 0.29) is 0 Å². The van der Waals surface area contributed by atoms with E-state index < -0.39 is 144 Å². The van der Waals surface area contributed by atoms with Gasteiger partial charge in [0.2, 0.25) is 11.0 Å². The van der Waals surface area contributed by atoms with E-state index in [1.54, 1.807) is 17.4 Å². The number of hydrogen-bond acceptors (Lipinski definition) is 2. The molecule has 1 N–H and O–H groups in total. The third-order valence-corrected chi connectivity index (χ3v) is 10.4. The van der Waals surface area contributed by atoms with Crippen LogP contribution in [-0.4, -0.2) is 11.3 Å². The fraction of sp³-hybridized carbons (Fsp3) is 0.0263. The maximum absolute atomic E-state index is 15.4. The first kappa shape index (κ1) is 45.2. The van der Waals surface area contributed by atoms with E-state index >= 15 is 35.1 Å². The number of nitrogens with zero attached hydrogens (tertiary/aromatic N) is 1. The van der Waals surface area contributed by atoms with Crippen molar-refractivity contribution in [2.24, 2.45) is 0 Å². The second kappa shape index (κ2) is 16.5. The Kier molecular flexibility index (Phi) is 12.0. The topological polar surface area (TPSA) is 24.1 Å². The van der Waals surface area contributed by atoms with E-state index in [2.05, 4.69) is 22.2 Å². The molecule has 0 saturated carbocycles. The average molecular weight is 921 g/mol. The normalized spacial score (nSPS) is 11.7. The standard InChI is InChI=1S/C24BF20.C14H11NOS/c26-5-1(6(27)14(35)21(42)13(5)34)25(2-7(28)15(36)22(43)16(37)8(2)29,3-9(30)17(38)23(44)18(39)10(3)31)4-11(32)19(40)24(45)20(41)12(4)33;16-12-6-7-14-13(8-12)15(10-17-14)9-11-4-2-1-3-5-11/h;1-8,10H,9H2/q-1;/p+1. The Bertz CT molecular complexity index is 2580. The molecule has 0 saturated heterocycles. The van der Waals surface area contributed by atoms with E-state index in [4.69, 9.17) is 0 Å². The molecule has 0 aliphatic heterocycles. The molecule has 24 heteroatoms. The minimum absolute atomic E-state index is 0.317. The van der Waals surface area contributed by atoms with Gasteiger partial charge in [0.15, 0.2) is 76.4 Å². The molecule has 6 aromatic carbocycles. The van der Waals surface area contributed by atoms with Crippen molar-refractivity contribution < 1.29 is 97.5 Å². The molecule has 0 aliphatic carbocycles. The number of hydrogen-bond donors (Lipinski definition) is 1. The number of aromatic nitrogens is 1. The van der Waals surface area contributed by atoms with E-state index in [0.717, 1.165) is 12.1 Å². The Hall–Kier alpha value is -6.33. The molecule has 0 unspecified atom stereocenters. The smallest absolute Gasteiger partial charge is 0.227 e. The molecule has 0 aliphatic rings. The van der Waals surface area contributed by atoms with Crippen LogP contribution in [0.2, 0.25) is 0 Å². The second-order valence-corrected chi connectivity index (χ2v) is 13.7. The molecule has 0 amide bonds. The van der Waals surface area contributed by atoms with Gasteiger partial charge in [0.25, 0.3) is 0 Å². The Morgan fingerprint density at radius 2 is 0.677 bits per heavy atom. The number of phenols is 1. The lowest BCUT2D eigenvalue weighted by Crippen LogP contribution is -2.81. The van der Waals surface area contributed by atoms with Crippen LogP contribution in [0.5, 0.6) is 5.75 Å². The highest BCUT2D eigenvalue weighted by atomic mass is 32.1. The van der Waals surface area contributed by atoms with Crippen LogP contribution < -0.4 is 26.4 Å². The molecule has 0 bridgehead atoms. The molecule has 2 nitrogen and oxygen atoms in total. The Labute approximate surface area is 335 Å². The maximum Gasteiger partial charge on any atom is 0.227 e. The quantitative estimate of drug-likeness (QED) is 0.0583. The first-order chi connectivity index (χ1) is 29.0. The number of fused-ring (bicyclic) bond motifs is 1. The molecule has 62 heavy (non-hydrogen) atoms. The zero-order chi connectivity index (χ0) is 46.0. The lowest BCUT2D eigenvalue weighted by Gasteiger charge is -2.44. The van der Waals surface area contributed by atoms with Gasteiger partial charge in [0, 0.05) is 5.56 Å². The number of benzene rings is 6. The summed E-state index contributed by atoms with van der Waals surface area (Å²) in [6.45, 7) is 0.838. The monoisotopic (exact) mass is 921 g/mol. The zero-order valence-corrected chi connectivity index (χ0v) is 30.2. The van der Waals surface area contributed by atoms with Gasteiger partial charge >= 0.3 is 0 Å². The second-order valence-electron chi connectivity index (χ2n) is 12.8. The van der Waals surface area contributed by atoms with Crippen molar-refractivity contribution in [3.63, 3.8) is 0 Å². The van der Waals surface area contributed by atoms with Crippen LogP contribution in [0.4, 0.5) is 87.8 Å². The Morgan fingerprint density at radius 3 is 0.984 bits per heavy atom. The highest BCUT2D eigenvalue weighted by Crippen LogP contribution is 2.31. The summed E-state index contributed by atoms with van der Waals surface area (Å²) >= 11 is 1.69. The largest absolute Gasteiger partial charge is 0.508 e. The first-order valence-electron chi connectivity index (χ1n) is 16.4. The summed E-state index contributed by atoms with van der Waals surface area (Å²) in [5.41, 5.74) is -9.89. The van der Waals surface area contributed by atoms with Gasteiger partial charge in [-0.25, -0.2) is 87.8 Å². The summed E-state index contributed by atoms with van der Waals surface area (Å²) < 4.78 is 297. The minimum Gasteiger partial charge on any atom is -0.508 e. The van der Waals surface area contributed by atoms with Gasteiger partial charge in [-0.15, -0.1) is 21.9 Å². The van der Waals surface area contributed by atoms with Crippen LogP contribution in [0.25, 0.3) is 10.2 Å². The highest BCUT2D eigenvalue weighted by Gasteiger charge is 2.52. The zero-order valence-electron chi connectivity index (χ0n) is 29.3. The summed E-state index contributed by atoms with van der Waals surface area (Å²) in [5, 5.41) is 9.53. The molecule has 7 rings (SSSR count). The fourth-order valence-electron chi connectivity index (χ4n) is 6.78. The molecule has 1 heterocycles. The van der Waals surface area contributed by atoms with Gasteiger partial charge in [-0.3, -0.25) is 0 Å². The van der Waals surface area contributed by atoms with Gasteiger partial charge in [-0.2, -0.15) is 4.57 Å². The van der Waals surface area contributed by atoms with Crippen molar-refractivity contribution in [1.82, 2.24) is 0 Å². The first-order valence-corrected chi connectivity index (χ1v) is 17.3.